The summed E-state index contributed by atoms with van der Waals surface area (Å²) in [4.78, 5) is 14.9. The molecule has 1 amide bonds. The highest BCUT2D eigenvalue weighted by Gasteiger charge is 2.27. The molecular formula is C22H26F2N2O. The summed E-state index contributed by atoms with van der Waals surface area (Å²) >= 11 is 0. The average molecular weight is 372 g/mol. The van der Waals surface area contributed by atoms with Crippen LogP contribution in [0.5, 0.6) is 0 Å². The number of carbonyl (C=O) groups is 1. The van der Waals surface area contributed by atoms with E-state index in [1.807, 2.05) is 6.07 Å². The van der Waals surface area contributed by atoms with Gasteiger partial charge in [-0.3, -0.25) is 9.69 Å². The molecule has 1 aliphatic heterocycles. The van der Waals surface area contributed by atoms with E-state index < -0.39 is 5.92 Å². The zero-order valence-corrected chi connectivity index (χ0v) is 15.8. The molecule has 0 radical (unpaired) electrons. The van der Waals surface area contributed by atoms with Crippen molar-refractivity contribution in [1.29, 1.82) is 0 Å². The van der Waals surface area contributed by atoms with Crippen molar-refractivity contribution in [3.05, 3.63) is 65.2 Å². The van der Waals surface area contributed by atoms with E-state index in [-0.39, 0.29) is 17.4 Å². The first kappa shape index (κ1) is 19.5. The van der Waals surface area contributed by atoms with Gasteiger partial charge in [0.25, 0.3) is 5.92 Å². The molecule has 1 N–H and O–H groups in total. The third-order valence-electron chi connectivity index (χ3n) is 5.25. The normalized spacial score (nSPS) is 16.3. The second-order valence-corrected chi connectivity index (χ2v) is 7.44. The number of amides is 1. The molecular weight excluding hydrogens is 346 g/mol. The van der Waals surface area contributed by atoms with Gasteiger partial charge in [-0.2, -0.15) is 0 Å². The number of aryl methyl sites for hydroxylation is 1. The first-order chi connectivity index (χ1) is 12.8. The molecule has 2 aromatic carbocycles. The predicted octanol–water partition coefficient (Wildman–Crippen LogP) is 4.96. The number of nitrogens with one attached hydrogen (secondary N) is 1. The number of benzene rings is 2. The van der Waals surface area contributed by atoms with Gasteiger partial charge in [-0.25, -0.2) is 8.78 Å². The maximum absolute atomic E-state index is 13.5. The van der Waals surface area contributed by atoms with Gasteiger partial charge in [0.2, 0.25) is 5.91 Å². The minimum atomic E-state index is -2.92. The largest absolute Gasteiger partial charge is 0.326 e. The van der Waals surface area contributed by atoms with Crippen LogP contribution in [0.4, 0.5) is 14.5 Å². The zero-order chi connectivity index (χ0) is 19.4. The third kappa shape index (κ3) is 5.13. The quantitative estimate of drug-likeness (QED) is 0.805. The van der Waals surface area contributed by atoms with Crippen LogP contribution in [-0.2, 0) is 17.3 Å². The number of likely N-dealkylation sites (tertiary alicyclic amines) is 1. The fourth-order valence-electron chi connectivity index (χ4n) is 3.50. The first-order valence-electron chi connectivity index (χ1n) is 9.39. The lowest BCUT2D eigenvalue weighted by Gasteiger charge is -2.31. The fourth-order valence-corrected chi connectivity index (χ4v) is 3.50. The SMILES string of the molecule is Cc1ccccc1CN1CCC(C(=O)Nc2cccc(C(C)(F)F)c2)CC1. The molecule has 0 unspecified atom stereocenters. The highest BCUT2D eigenvalue weighted by atomic mass is 19.3. The van der Waals surface area contributed by atoms with Crippen molar-refractivity contribution < 1.29 is 13.6 Å². The number of anilines is 1. The van der Waals surface area contributed by atoms with Gasteiger partial charge in [0, 0.05) is 30.6 Å². The van der Waals surface area contributed by atoms with E-state index in [4.69, 9.17) is 0 Å². The van der Waals surface area contributed by atoms with Crippen molar-refractivity contribution >= 4 is 11.6 Å². The molecule has 0 aromatic heterocycles. The minimum absolute atomic E-state index is 0.0797. The number of carbonyl (C=O) groups excluding carboxylic acids is 1. The summed E-state index contributed by atoms with van der Waals surface area (Å²) in [6, 6.07) is 14.3. The Morgan fingerprint density at radius 1 is 1.15 bits per heavy atom. The van der Waals surface area contributed by atoms with Crippen molar-refractivity contribution in [2.75, 3.05) is 18.4 Å². The Kier molecular flexibility index (Phi) is 5.90. The monoisotopic (exact) mass is 372 g/mol. The molecule has 27 heavy (non-hydrogen) atoms. The first-order valence-corrected chi connectivity index (χ1v) is 9.39. The summed E-state index contributed by atoms with van der Waals surface area (Å²) < 4.78 is 26.9. The minimum Gasteiger partial charge on any atom is -0.326 e. The van der Waals surface area contributed by atoms with E-state index in [0.717, 1.165) is 39.4 Å². The van der Waals surface area contributed by atoms with Gasteiger partial charge in [-0.1, -0.05) is 36.4 Å². The number of hydrogen-bond donors (Lipinski definition) is 1. The Balaban J connectivity index is 1.54. The standard InChI is InChI=1S/C22H26F2N2O/c1-16-6-3-4-7-18(16)15-26-12-10-17(11-13-26)21(27)25-20-9-5-8-19(14-20)22(2,23)24/h3-9,14,17H,10-13,15H2,1-2H3,(H,25,27). The zero-order valence-electron chi connectivity index (χ0n) is 15.8. The molecule has 144 valence electrons. The van der Waals surface area contributed by atoms with Crippen LogP contribution in [0.1, 0.15) is 36.5 Å². The van der Waals surface area contributed by atoms with Gasteiger partial charge in [0.05, 0.1) is 0 Å². The number of alkyl halides is 2. The van der Waals surface area contributed by atoms with Crippen LogP contribution in [0.25, 0.3) is 0 Å². The maximum atomic E-state index is 13.5. The van der Waals surface area contributed by atoms with Crippen LogP contribution >= 0.6 is 0 Å². The number of piperidine rings is 1. The summed E-state index contributed by atoms with van der Waals surface area (Å²) in [6.07, 6.45) is 1.56. The molecule has 0 atom stereocenters. The second-order valence-electron chi connectivity index (χ2n) is 7.44. The molecule has 3 rings (SSSR count). The summed E-state index contributed by atoms with van der Waals surface area (Å²) in [5, 5.41) is 2.81. The van der Waals surface area contributed by atoms with Crippen LogP contribution < -0.4 is 5.32 Å². The van der Waals surface area contributed by atoms with E-state index in [2.05, 4.69) is 35.3 Å². The van der Waals surface area contributed by atoms with Gasteiger partial charge < -0.3 is 5.32 Å². The van der Waals surface area contributed by atoms with Crippen molar-refractivity contribution in [2.45, 2.75) is 39.2 Å². The van der Waals surface area contributed by atoms with Crippen molar-refractivity contribution in [1.82, 2.24) is 4.90 Å². The summed E-state index contributed by atoms with van der Waals surface area (Å²) in [6.45, 7) is 5.59. The lowest BCUT2D eigenvalue weighted by molar-refractivity contribution is -0.121. The number of halogens is 2. The van der Waals surface area contributed by atoms with Gasteiger partial charge in [0.15, 0.2) is 0 Å². The predicted molar refractivity (Wildman–Crippen MR) is 104 cm³/mol. The van der Waals surface area contributed by atoms with Crippen molar-refractivity contribution in [2.24, 2.45) is 5.92 Å². The van der Waals surface area contributed by atoms with E-state index in [0.29, 0.717) is 5.69 Å². The van der Waals surface area contributed by atoms with E-state index in [1.54, 1.807) is 12.1 Å². The Hall–Kier alpha value is -2.27. The molecule has 2 aromatic rings. The highest BCUT2D eigenvalue weighted by molar-refractivity contribution is 5.92. The van der Waals surface area contributed by atoms with Crippen LogP contribution in [-0.4, -0.2) is 23.9 Å². The summed E-state index contributed by atoms with van der Waals surface area (Å²) in [7, 11) is 0. The summed E-state index contributed by atoms with van der Waals surface area (Å²) in [5.74, 6) is -3.08. The summed E-state index contributed by atoms with van der Waals surface area (Å²) in [5.41, 5.74) is 2.94. The smallest absolute Gasteiger partial charge is 0.270 e. The van der Waals surface area contributed by atoms with Crippen molar-refractivity contribution in [3.63, 3.8) is 0 Å². The molecule has 1 saturated heterocycles. The van der Waals surface area contributed by atoms with Crippen LogP contribution in [0.15, 0.2) is 48.5 Å². The molecule has 0 bridgehead atoms. The third-order valence-corrected chi connectivity index (χ3v) is 5.25. The lowest BCUT2D eigenvalue weighted by Crippen LogP contribution is -2.37. The Morgan fingerprint density at radius 2 is 1.85 bits per heavy atom. The maximum Gasteiger partial charge on any atom is 0.270 e. The van der Waals surface area contributed by atoms with Crippen LogP contribution in [0.3, 0.4) is 0 Å². The Labute approximate surface area is 159 Å². The van der Waals surface area contributed by atoms with Crippen LogP contribution in [0.2, 0.25) is 0 Å². The second kappa shape index (κ2) is 8.17. The van der Waals surface area contributed by atoms with Crippen LogP contribution in [0, 0.1) is 12.8 Å². The van der Waals surface area contributed by atoms with E-state index in [1.165, 1.54) is 23.3 Å². The number of nitrogens with zero attached hydrogens (tertiary/aromatic N) is 1. The average Bonchev–Trinajstić information content (AvgIpc) is 2.64. The molecule has 0 aliphatic carbocycles. The molecule has 5 heteroatoms. The molecule has 1 aliphatic rings. The topological polar surface area (TPSA) is 32.3 Å². The molecule has 0 spiro atoms. The van der Waals surface area contributed by atoms with Gasteiger partial charge in [0.1, 0.15) is 0 Å². The number of rotatable bonds is 5. The van der Waals surface area contributed by atoms with E-state index >= 15 is 0 Å². The Morgan fingerprint density at radius 3 is 2.52 bits per heavy atom. The Bertz CT molecular complexity index is 793. The molecule has 0 saturated carbocycles. The molecule has 3 nitrogen and oxygen atoms in total. The molecule has 1 heterocycles. The molecule has 1 fully saturated rings. The highest BCUT2D eigenvalue weighted by Crippen LogP contribution is 2.29. The van der Waals surface area contributed by atoms with Gasteiger partial charge in [-0.05, 0) is 56.1 Å². The van der Waals surface area contributed by atoms with Gasteiger partial charge >= 0.3 is 0 Å². The fraction of sp³-hybridized carbons (Fsp3) is 0.409. The van der Waals surface area contributed by atoms with Crippen molar-refractivity contribution in [3.8, 4) is 0 Å². The lowest BCUT2D eigenvalue weighted by atomic mass is 9.95. The number of hydrogen-bond acceptors (Lipinski definition) is 2. The van der Waals surface area contributed by atoms with E-state index in [9.17, 15) is 13.6 Å². The van der Waals surface area contributed by atoms with Gasteiger partial charge in [-0.15, -0.1) is 0 Å².